The van der Waals surface area contributed by atoms with Gasteiger partial charge in [0.25, 0.3) is 5.91 Å². The monoisotopic (exact) mass is 327 g/mol. The van der Waals surface area contributed by atoms with Gasteiger partial charge in [0, 0.05) is 29.8 Å². The molecule has 0 aliphatic heterocycles. The Morgan fingerprint density at radius 2 is 2.33 bits per heavy atom. The minimum Gasteiger partial charge on any atom is -0.352 e. The smallest absolute Gasteiger partial charge is 0.252 e. The van der Waals surface area contributed by atoms with E-state index in [0.29, 0.717) is 28.0 Å². The number of carbonyl (C=O) groups is 1. The molecule has 0 saturated carbocycles. The number of hydrogen-bond donors (Lipinski definition) is 2. The topological polar surface area (TPSA) is 57.8 Å². The van der Waals surface area contributed by atoms with Gasteiger partial charge in [-0.05, 0) is 28.1 Å². The molecule has 0 radical (unpaired) electrons. The summed E-state index contributed by atoms with van der Waals surface area (Å²) in [5, 5.41) is 3.23. The summed E-state index contributed by atoms with van der Waals surface area (Å²) in [6.07, 6.45) is 4.09. The lowest BCUT2D eigenvalue weighted by Gasteiger charge is -2.06. The quantitative estimate of drug-likeness (QED) is 0.906. The second-order valence-electron chi connectivity index (χ2n) is 3.64. The molecule has 2 rings (SSSR count). The van der Waals surface area contributed by atoms with Gasteiger partial charge in [0.2, 0.25) is 0 Å². The summed E-state index contributed by atoms with van der Waals surface area (Å²) in [6, 6.07) is 5.26. The second kappa shape index (κ2) is 6.02. The van der Waals surface area contributed by atoms with Crippen molar-refractivity contribution in [1.82, 2.24) is 15.3 Å². The molecule has 1 heterocycles. The highest BCUT2D eigenvalue weighted by atomic mass is 79.9. The Morgan fingerprint density at radius 1 is 1.50 bits per heavy atom. The number of rotatable bonds is 4. The maximum absolute atomic E-state index is 11.9. The van der Waals surface area contributed by atoms with Crippen molar-refractivity contribution in [2.24, 2.45) is 0 Å². The molecule has 0 saturated heterocycles. The molecule has 0 fully saturated rings. The lowest BCUT2D eigenvalue weighted by Crippen LogP contribution is -2.26. The highest BCUT2D eigenvalue weighted by Gasteiger charge is 2.11. The van der Waals surface area contributed by atoms with E-state index in [-0.39, 0.29) is 5.91 Å². The predicted molar refractivity (Wildman–Crippen MR) is 73.8 cm³/mol. The molecule has 0 bridgehead atoms. The van der Waals surface area contributed by atoms with Crippen LogP contribution in [0.15, 0.2) is 35.1 Å². The summed E-state index contributed by atoms with van der Waals surface area (Å²) in [4.78, 5) is 19.0. The molecular formula is C12H11BrClN3O. The molecule has 0 aliphatic carbocycles. The van der Waals surface area contributed by atoms with Gasteiger partial charge in [0.15, 0.2) is 0 Å². The molecule has 0 spiro atoms. The molecule has 94 valence electrons. The third kappa shape index (κ3) is 3.11. The van der Waals surface area contributed by atoms with Gasteiger partial charge in [-0.1, -0.05) is 17.7 Å². The summed E-state index contributed by atoms with van der Waals surface area (Å²) < 4.78 is 0.711. The molecule has 0 unspecified atom stereocenters. The van der Waals surface area contributed by atoms with Crippen LogP contribution in [-0.2, 0) is 6.42 Å². The first kappa shape index (κ1) is 13.1. The van der Waals surface area contributed by atoms with E-state index in [4.69, 9.17) is 11.6 Å². The van der Waals surface area contributed by atoms with Crippen LogP contribution in [0.2, 0.25) is 5.02 Å². The number of amides is 1. The Hall–Kier alpha value is -1.33. The van der Waals surface area contributed by atoms with Crippen molar-refractivity contribution in [3.05, 3.63) is 51.5 Å². The first-order valence-electron chi connectivity index (χ1n) is 5.39. The molecule has 0 aliphatic rings. The highest BCUT2D eigenvalue weighted by molar-refractivity contribution is 9.10. The zero-order valence-electron chi connectivity index (χ0n) is 9.41. The van der Waals surface area contributed by atoms with Crippen molar-refractivity contribution in [2.45, 2.75) is 6.42 Å². The normalized spacial score (nSPS) is 10.3. The van der Waals surface area contributed by atoms with Gasteiger partial charge < -0.3 is 10.3 Å². The van der Waals surface area contributed by atoms with Crippen molar-refractivity contribution in [2.75, 3.05) is 6.54 Å². The van der Waals surface area contributed by atoms with Crippen LogP contribution in [-0.4, -0.2) is 22.4 Å². The van der Waals surface area contributed by atoms with Crippen LogP contribution in [0.25, 0.3) is 0 Å². The van der Waals surface area contributed by atoms with Crippen molar-refractivity contribution in [3.8, 4) is 0 Å². The fourth-order valence-electron chi connectivity index (χ4n) is 1.50. The van der Waals surface area contributed by atoms with E-state index in [0.717, 1.165) is 5.82 Å². The molecule has 1 aromatic carbocycles. The van der Waals surface area contributed by atoms with Crippen molar-refractivity contribution in [3.63, 3.8) is 0 Å². The maximum Gasteiger partial charge on any atom is 0.252 e. The molecule has 2 aromatic rings. The highest BCUT2D eigenvalue weighted by Crippen LogP contribution is 2.25. The maximum atomic E-state index is 11.9. The number of nitrogens with one attached hydrogen (secondary N) is 2. The summed E-state index contributed by atoms with van der Waals surface area (Å²) in [7, 11) is 0. The second-order valence-corrected chi connectivity index (χ2v) is 4.88. The summed E-state index contributed by atoms with van der Waals surface area (Å²) in [6.45, 7) is 0.509. The van der Waals surface area contributed by atoms with E-state index in [2.05, 4.69) is 31.2 Å². The van der Waals surface area contributed by atoms with Crippen molar-refractivity contribution >= 4 is 33.4 Å². The standard InChI is InChI=1S/C12H11BrClN3O/c13-9-3-1-2-8(11(9)14)12(18)17-5-4-10-15-6-7-16-10/h1-3,6-7H,4-5H2,(H,15,16)(H,17,18). The molecule has 0 atom stereocenters. The average molecular weight is 329 g/mol. The Balaban J connectivity index is 1.93. The Bertz CT molecular complexity index is 542. The minimum absolute atomic E-state index is 0.187. The van der Waals surface area contributed by atoms with Crippen LogP contribution in [0.1, 0.15) is 16.2 Å². The predicted octanol–water partition coefficient (Wildman–Crippen LogP) is 2.80. The Kier molecular flexibility index (Phi) is 4.38. The van der Waals surface area contributed by atoms with Crippen LogP contribution in [0.3, 0.4) is 0 Å². The number of H-pyrrole nitrogens is 1. The lowest BCUT2D eigenvalue weighted by molar-refractivity contribution is 0.0954. The van der Waals surface area contributed by atoms with E-state index in [1.54, 1.807) is 30.6 Å². The van der Waals surface area contributed by atoms with E-state index in [1.165, 1.54) is 0 Å². The van der Waals surface area contributed by atoms with Crippen LogP contribution in [0.5, 0.6) is 0 Å². The van der Waals surface area contributed by atoms with E-state index in [9.17, 15) is 4.79 Å². The van der Waals surface area contributed by atoms with Gasteiger partial charge in [0.05, 0.1) is 10.6 Å². The minimum atomic E-state index is -0.187. The van der Waals surface area contributed by atoms with Gasteiger partial charge in [-0.3, -0.25) is 4.79 Å². The number of aromatic amines is 1. The number of carbonyl (C=O) groups excluding carboxylic acids is 1. The summed E-state index contributed by atoms with van der Waals surface area (Å²) >= 11 is 9.33. The number of nitrogens with zero attached hydrogens (tertiary/aromatic N) is 1. The fraction of sp³-hybridized carbons (Fsp3) is 0.167. The van der Waals surface area contributed by atoms with E-state index >= 15 is 0 Å². The van der Waals surface area contributed by atoms with Crippen LogP contribution < -0.4 is 5.32 Å². The molecular weight excluding hydrogens is 318 g/mol. The van der Waals surface area contributed by atoms with Gasteiger partial charge in [-0.2, -0.15) is 0 Å². The number of benzene rings is 1. The van der Waals surface area contributed by atoms with E-state index in [1.807, 2.05) is 0 Å². The molecule has 1 aromatic heterocycles. The molecule has 6 heteroatoms. The van der Waals surface area contributed by atoms with E-state index < -0.39 is 0 Å². The van der Waals surface area contributed by atoms with Gasteiger partial charge in [-0.25, -0.2) is 4.98 Å². The van der Waals surface area contributed by atoms with Crippen LogP contribution >= 0.6 is 27.5 Å². The third-order valence-electron chi connectivity index (χ3n) is 2.40. The van der Waals surface area contributed by atoms with Crippen LogP contribution in [0, 0.1) is 0 Å². The number of halogens is 2. The number of aromatic nitrogens is 2. The first-order chi connectivity index (χ1) is 8.68. The molecule has 2 N–H and O–H groups in total. The molecule has 1 amide bonds. The van der Waals surface area contributed by atoms with Gasteiger partial charge >= 0.3 is 0 Å². The zero-order chi connectivity index (χ0) is 13.0. The fourth-order valence-corrected chi connectivity index (χ4v) is 2.08. The average Bonchev–Trinajstić information content (AvgIpc) is 2.85. The lowest BCUT2D eigenvalue weighted by atomic mass is 10.2. The van der Waals surface area contributed by atoms with Gasteiger partial charge in [0.1, 0.15) is 5.82 Å². The molecule has 18 heavy (non-hydrogen) atoms. The van der Waals surface area contributed by atoms with Gasteiger partial charge in [-0.15, -0.1) is 0 Å². The number of imidazole rings is 1. The van der Waals surface area contributed by atoms with Crippen molar-refractivity contribution < 1.29 is 4.79 Å². The Labute approximate surface area is 118 Å². The largest absolute Gasteiger partial charge is 0.352 e. The van der Waals surface area contributed by atoms with Crippen molar-refractivity contribution in [1.29, 1.82) is 0 Å². The zero-order valence-corrected chi connectivity index (χ0v) is 11.8. The Morgan fingerprint density at radius 3 is 3.06 bits per heavy atom. The molecule has 4 nitrogen and oxygen atoms in total. The number of hydrogen-bond acceptors (Lipinski definition) is 2. The third-order valence-corrected chi connectivity index (χ3v) is 3.69. The summed E-state index contributed by atoms with van der Waals surface area (Å²) in [5.74, 6) is 0.656. The van der Waals surface area contributed by atoms with Crippen LogP contribution in [0.4, 0.5) is 0 Å². The summed E-state index contributed by atoms with van der Waals surface area (Å²) in [5.41, 5.74) is 0.463. The SMILES string of the molecule is O=C(NCCc1ncc[nH]1)c1cccc(Br)c1Cl. The first-order valence-corrected chi connectivity index (χ1v) is 6.56.